The molecule has 0 saturated heterocycles. The van der Waals surface area contributed by atoms with Crippen LogP contribution in [0.25, 0.3) is 0 Å². The van der Waals surface area contributed by atoms with Crippen LogP contribution in [0.2, 0.25) is 0 Å². The summed E-state index contributed by atoms with van der Waals surface area (Å²) >= 11 is 1.47. The first-order valence-corrected chi connectivity index (χ1v) is 10.7. The molecule has 0 aromatic heterocycles. The van der Waals surface area contributed by atoms with Crippen LogP contribution in [0.3, 0.4) is 0 Å². The average molecular weight is 411 g/mol. The van der Waals surface area contributed by atoms with Gasteiger partial charge in [0.1, 0.15) is 10.7 Å². The number of hydrogen-bond acceptors (Lipinski definition) is 4. The minimum Gasteiger partial charge on any atom is -0.496 e. The van der Waals surface area contributed by atoms with Crippen molar-refractivity contribution in [1.29, 1.82) is 0 Å². The fourth-order valence-electron chi connectivity index (χ4n) is 3.10. The molecule has 0 spiro atoms. The van der Waals surface area contributed by atoms with Crippen molar-refractivity contribution in [1.82, 2.24) is 5.32 Å². The molecule has 2 aromatic carbocycles. The zero-order valence-corrected chi connectivity index (χ0v) is 17.6. The van der Waals surface area contributed by atoms with Gasteiger partial charge in [-0.15, -0.1) is 11.8 Å². The minimum absolute atomic E-state index is 0.0127. The summed E-state index contributed by atoms with van der Waals surface area (Å²) in [7, 11) is 0. The van der Waals surface area contributed by atoms with E-state index in [4.69, 9.17) is 4.74 Å². The van der Waals surface area contributed by atoms with Crippen molar-refractivity contribution in [3.8, 4) is 0 Å². The minimum atomic E-state index is -0.246. The summed E-state index contributed by atoms with van der Waals surface area (Å²) in [4.78, 5) is 26.0. The first kappa shape index (κ1) is 21.0. The van der Waals surface area contributed by atoms with Gasteiger partial charge in [-0.25, -0.2) is 0 Å². The van der Waals surface area contributed by atoms with E-state index in [2.05, 4.69) is 22.8 Å². The fourth-order valence-corrected chi connectivity index (χ4v) is 3.92. The normalized spacial score (nSPS) is 14.7. The predicted molar refractivity (Wildman–Crippen MR) is 118 cm³/mol. The molecule has 1 heterocycles. The second-order valence-corrected chi connectivity index (χ2v) is 8.09. The number of aryl methyl sites for hydroxylation is 1. The van der Waals surface area contributed by atoms with Gasteiger partial charge in [-0.3, -0.25) is 9.59 Å². The highest BCUT2D eigenvalue weighted by Crippen LogP contribution is 2.27. The van der Waals surface area contributed by atoms with Gasteiger partial charge in [-0.05, 0) is 44.4 Å². The third-order valence-electron chi connectivity index (χ3n) is 4.68. The number of hydrogen-bond donors (Lipinski definition) is 2. The summed E-state index contributed by atoms with van der Waals surface area (Å²) in [5, 5.41) is 5.90. The molecule has 5 nitrogen and oxygen atoms in total. The molecule has 0 fully saturated rings. The predicted octanol–water partition coefficient (Wildman–Crippen LogP) is 4.37. The topological polar surface area (TPSA) is 67.4 Å². The van der Waals surface area contributed by atoms with Gasteiger partial charge in [0.25, 0.3) is 11.8 Å². The van der Waals surface area contributed by atoms with Gasteiger partial charge in [0.15, 0.2) is 0 Å². The SMILES string of the molecule is CC1=C(C(=O)Nc2ccccc2C(=O)N[C@H](C)CCc2ccccc2)SCCO1. The first-order valence-electron chi connectivity index (χ1n) is 9.76. The van der Waals surface area contributed by atoms with Gasteiger partial charge in [0.2, 0.25) is 0 Å². The molecule has 2 N–H and O–H groups in total. The molecule has 2 aromatic rings. The molecule has 6 heteroatoms. The Kier molecular flexibility index (Phi) is 7.36. The number of rotatable bonds is 7. The molecule has 2 amide bonds. The number of benzene rings is 2. The van der Waals surface area contributed by atoms with Crippen LogP contribution < -0.4 is 10.6 Å². The van der Waals surface area contributed by atoms with Gasteiger partial charge in [-0.1, -0.05) is 42.5 Å². The summed E-state index contributed by atoms with van der Waals surface area (Å²) in [6.07, 6.45) is 1.73. The second kappa shape index (κ2) is 10.2. The maximum Gasteiger partial charge on any atom is 0.265 e. The molecule has 152 valence electrons. The largest absolute Gasteiger partial charge is 0.496 e. The zero-order valence-electron chi connectivity index (χ0n) is 16.7. The van der Waals surface area contributed by atoms with E-state index in [1.807, 2.05) is 25.1 Å². The standard InChI is InChI=1S/C23H26N2O3S/c1-16(12-13-18-8-4-3-5-9-18)24-22(26)19-10-6-7-11-20(19)25-23(27)21-17(2)28-14-15-29-21/h3-11,16H,12-15H2,1-2H3,(H,24,26)(H,25,27)/t16-/m1/s1. The number of carbonyl (C=O) groups excluding carboxylic acids is 2. The summed E-state index contributed by atoms with van der Waals surface area (Å²) in [5.41, 5.74) is 2.20. The smallest absolute Gasteiger partial charge is 0.265 e. The van der Waals surface area contributed by atoms with E-state index in [9.17, 15) is 9.59 Å². The molecule has 0 aliphatic carbocycles. The van der Waals surface area contributed by atoms with E-state index in [-0.39, 0.29) is 17.9 Å². The Hall–Kier alpha value is -2.73. The van der Waals surface area contributed by atoms with Crippen molar-refractivity contribution in [3.63, 3.8) is 0 Å². The Labute approximate surface area is 175 Å². The third-order valence-corrected chi connectivity index (χ3v) is 5.81. The van der Waals surface area contributed by atoms with Crippen molar-refractivity contribution in [2.75, 3.05) is 17.7 Å². The van der Waals surface area contributed by atoms with Crippen molar-refractivity contribution in [3.05, 3.63) is 76.4 Å². The van der Waals surface area contributed by atoms with Crippen LogP contribution in [0.5, 0.6) is 0 Å². The Morgan fingerprint density at radius 3 is 2.55 bits per heavy atom. The molecular formula is C23H26N2O3S. The summed E-state index contributed by atoms with van der Waals surface area (Å²) in [5.74, 6) is 0.917. The van der Waals surface area contributed by atoms with Crippen LogP contribution in [0, 0.1) is 0 Å². The molecule has 1 atom stereocenters. The zero-order chi connectivity index (χ0) is 20.6. The van der Waals surface area contributed by atoms with Gasteiger partial charge < -0.3 is 15.4 Å². The molecule has 1 aliphatic heterocycles. The van der Waals surface area contributed by atoms with Crippen molar-refractivity contribution < 1.29 is 14.3 Å². The van der Waals surface area contributed by atoms with Crippen LogP contribution in [0.15, 0.2) is 65.3 Å². The molecular weight excluding hydrogens is 384 g/mol. The molecule has 0 unspecified atom stereocenters. The molecule has 29 heavy (non-hydrogen) atoms. The molecule has 0 saturated carbocycles. The maximum atomic E-state index is 12.8. The third kappa shape index (κ3) is 5.87. The molecule has 0 radical (unpaired) electrons. The Bertz CT molecular complexity index is 896. The maximum absolute atomic E-state index is 12.8. The lowest BCUT2D eigenvalue weighted by atomic mass is 10.1. The van der Waals surface area contributed by atoms with E-state index < -0.39 is 0 Å². The number of nitrogens with one attached hydrogen (secondary N) is 2. The number of thioether (sulfide) groups is 1. The number of para-hydroxylation sites is 1. The lowest BCUT2D eigenvalue weighted by molar-refractivity contribution is -0.112. The van der Waals surface area contributed by atoms with Crippen molar-refractivity contribution in [2.45, 2.75) is 32.7 Å². The Morgan fingerprint density at radius 2 is 1.79 bits per heavy atom. The number of carbonyl (C=O) groups is 2. The van der Waals surface area contributed by atoms with Gasteiger partial charge >= 0.3 is 0 Å². The van der Waals surface area contributed by atoms with E-state index >= 15 is 0 Å². The lowest BCUT2D eigenvalue weighted by Gasteiger charge is -2.19. The summed E-state index contributed by atoms with van der Waals surface area (Å²) in [6.45, 7) is 4.38. The molecule has 0 bridgehead atoms. The molecule has 3 rings (SSSR count). The highest BCUT2D eigenvalue weighted by molar-refractivity contribution is 8.04. The van der Waals surface area contributed by atoms with Crippen molar-refractivity contribution >= 4 is 29.3 Å². The average Bonchev–Trinajstić information content (AvgIpc) is 2.73. The van der Waals surface area contributed by atoms with Crippen LogP contribution >= 0.6 is 11.8 Å². The van der Waals surface area contributed by atoms with Crippen LogP contribution in [0.4, 0.5) is 5.69 Å². The number of amides is 2. The van der Waals surface area contributed by atoms with Gasteiger partial charge in [0.05, 0.1) is 17.9 Å². The first-order chi connectivity index (χ1) is 14.0. The number of allylic oxidation sites excluding steroid dienone is 1. The summed E-state index contributed by atoms with van der Waals surface area (Å²) in [6, 6.07) is 17.3. The van der Waals surface area contributed by atoms with Gasteiger partial charge in [0, 0.05) is 11.8 Å². The Morgan fingerprint density at radius 1 is 1.07 bits per heavy atom. The Balaban J connectivity index is 1.63. The van der Waals surface area contributed by atoms with Crippen LogP contribution in [0.1, 0.15) is 36.2 Å². The monoisotopic (exact) mass is 410 g/mol. The second-order valence-electron chi connectivity index (χ2n) is 6.98. The quantitative estimate of drug-likeness (QED) is 0.711. The molecule has 1 aliphatic rings. The van der Waals surface area contributed by atoms with E-state index in [1.54, 1.807) is 31.2 Å². The van der Waals surface area contributed by atoms with Gasteiger partial charge in [-0.2, -0.15) is 0 Å². The summed E-state index contributed by atoms with van der Waals surface area (Å²) < 4.78 is 5.46. The van der Waals surface area contributed by atoms with Crippen LogP contribution in [-0.2, 0) is 16.0 Å². The fraction of sp³-hybridized carbons (Fsp3) is 0.304. The number of anilines is 1. The lowest BCUT2D eigenvalue weighted by Crippen LogP contribution is -2.33. The van der Waals surface area contributed by atoms with E-state index in [0.29, 0.717) is 28.5 Å². The van der Waals surface area contributed by atoms with Crippen molar-refractivity contribution in [2.24, 2.45) is 0 Å². The van der Waals surface area contributed by atoms with Crippen LogP contribution in [-0.4, -0.2) is 30.2 Å². The highest BCUT2D eigenvalue weighted by atomic mass is 32.2. The highest BCUT2D eigenvalue weighted by Gasteiger charge is 2.21. The van der Waals surface area contributed by atoms with E-state index in [0.717, 1.165) is 18.6 Å². The number of ether oxygens (including phenoxy) is 1. The van der Waals surface area contributed by atoms with E-state index in [1.165, 1.54) is 17.3 Å².